The van der Waals surface area contributed by atoms with Gasteiger partial charge in [-0.15, -0.1) is 0 Å². The lowest BCUT2D eigenvalue weighted by atomic mass is 10.2. The molecule has 1 aromatic rings. The minimum absolute atomic E-state index is 0.0784. The fourth-order valence-electron chi connectivity index (χ4n) is 1.24. The molecule has 5 nitrogen and oxygen atoms in total. The molecular weight excluding hydrogens is 206 g/mol. The average Bonchev–Trinajstić information content (AvgIpc) is 2.26. The maximum Gasteiger partial charge on any atom is 0.304 e. The third-order valence-electron chi connectivity index (χ3n) is 2.00. The maximum atomic E-state index is 10.4. The zero-order valence-electron chi connectivity index (χ0n) is 8.68. The first-order valence-corrected chi connectivity index (χ1v) is 4.83. The van der Waals surface area contributed by atoms with E-state index in [1.54, 1.807) is 24.3 Å². The van der Waals surface area contributed by atoms with Crippen LogP contribution >= 0.6 is 0 Å². The van der Waals surface area contributed by atoms with Crippen molar-refractivity contribution in [1.82, 2.24) is 0 Å². The van der Waals surface area contributed by atoms with Crippen molar-refractivity contribution in [3.8, 4) is 6.07 Å². The molecule has 0 aliphatic rings. The number of carbonyl (C=O) groups is 1. The Morgan fingerprint density at radius 2 is 2.38 bits per heavy atom. The number of nitrogens with one attached hydrogen (secondary N) is 1. The van der Waals surface area contributed by atoms with Gasteiger partial charge in [-0.05, 0) is 18.2 Å². The summed E-state index contributed by atoms with van der Waals surface area (Å²) in [6.07, 6.45) is -0.0784. The summed E-state index contributed by atoms with van der Waals surface area (Å²) >= 11 is 0. The minimum atomic E-state index is -0.917. The van der Waals surface area contributed by atoms with Crippen LogP contribution in [0.4, 0.5) is 5.69 Å². The number of hydrogen-bond donors (Lipinski definition) is 3. The Bertz CT molecular complexity index is 412. The number of hydrogen-bond acceptors (Lipinski definition) is 4. The van der Waals surface area contributed by atoms with Gasteiger partial charge in [-0.1, -0.05) is 6.07 Å². The Labute approximate surface area is 93.5 Å². The molecule has 0 radical (unpaired) electrons. The number of carboxylic acid groups (broad SMARTS) is 1. The second-order valence-electron chi connectivity index (χ2n) is 3.43. The van der Waals surface area contributed by atoms with Crippen molar-refractivity contribution in [2.75, 3.05) is 11.9 Å². The van der Waals surface area contributed by atoms with Crippen molar-refractivity contribution < 1.29 is 9.90 Å². The second-order valence-corrected chi connectivity index (χ2v) is 3.43. The van der Waals surface area contributed by atoms with E-state index in [0.717, 1.165) is 5.69 Å². The van der Waals surface area contributed by atoms with E-state index in [1.807, 2.05) is 6.07 Å². The molecular formula is C11H13N3O2. The number of carboxylic acids is 1. The number of benzene rings is 1. The van der Waals surface area contributed by atoms with Gasteiger partial charge in [0.05, 0.1) is 18.1 Å². The van der Waals surface area contributed by atoms with Gasteiger partial charge in [-0.2, -0.15) is 5.26 Å². The molecule has 0 bridgehead atoms. The summed E-state index contributed by atoms with van der Waals surface area (Å²) in [5.74, 6) is -0.917. The van der Waals surface area contributed by atoms with E-state index in [4.69, 9.17) is 16.1 Å². The van der Waals surface area contributed by atoms with Crippen LogP contribution < -0.4 is 11.1 Å². The quantitative estimate of drug-likeness (QED) is 0.679. The monoisotopic (exact) mass is 219 g/mol. The molecule has 84 valence electrons. The first-order valence-electron chi connectivity index (χ1n) is 4.83. The molecule has 1 aromatic carbocycles. The maximum absolute atomic E-state index is 10.4. The molecule has 1 rings (SSSR count). The number of nitrogens with zero attached hydrogens (tertiary/aromatic N) is 1. The predicted molar refractivity (Wildman–Crippen MR) is 59.9 cm³/mol. The van der Waals surface area contributed by atoms with Crippen LogP contribution in [0.5, 0.6) is 0 Å². The molecule has 5 heteroatoms. The van der Waals surface area contributed by atoms with Crippen LogP contribution in [0.3, 0.4) is 0 Å². The van der Waals surface area contributed by atoms with Gasteiger partial charge in [-0.25, -0.2) is 0 Å². The zero-order valence-corrected chi connectivity index (χ0v) is 8.68. The van der Waals surface area contributed by atoms with Crippen LogP contribution in [0.1, 0.15) is 12.0 Å². The highest BCUT2D eigenvalue weighted by molar-refractivity contribution is 5.67. The normalized spacial score (nSPS) is 11.5. The fourth-order valence-corrected chi connectivity index (χ4v) is 1.24. The number of anilines is 1. The van der Waals surface area contributed by atoms with Gasteiger partial charge in [0.25, 0.3) is 0 Å². The molecule has 0 saturated carbocycles. The Kier molecular flexibility index (Phi) is 4.30. The van der Waals surface area contributed by atoms with Crippen LogP contribution in [0.2, 0.25) is 0 Å². The molecule has 0 aliphatic carbocycles. The highest BCUT2D eigenvalue weighted by Gasteiger charge is 2.07. The summed E-state index contributed by atoms with van der Waals surface area (Å²) in [7, 11) is 0. The van der Waals surface area contributed by atoms with Crippen LogP contribution in [0.25, 0.3) is 0 Å². The number of nitriles is 1. The minimum Gasteiger partial charge on any atom is -0.481 e. The van der Waals surface area contributed by atoms with Gasteiger partial charge in [0.2, 0.25) is 0 Å². The summed E-state index contributed by atoms with van der Waals surface area (Å²) in [6.45, 7) is 0.362. The SMILES string of the molecule is N#Cc1cccc(NCC(N)CC(=O)O)c1. The third-order valence-corrected chi connectivity index (χ3v) is 2.00. The van der Waals surface area contributed by atoms with Crippen LogP contribution in [-0.4, -0.2) is 23.7 Å². The molecule has 0 fully saturated rings. The lowest BCUT2D eigenvalue weighted by molar-refractivity contribution is -0.137. The van der Waals surface area contributed by atoms with E-state index < -0.39 is 12.0 Å². The number of rotatable bonds is 5. The van der Waals surface area contributed by atoms with Crippen molar-refractivity contribution in [2.24, 2.45) is 5.73 Å². The van der Waals surface area contributed by atoms with E-state index in [0.29, 0.717) is 12.1 Å². The summed E-state index contributed by atoms with van der Waals surface area (Å²) < 4.78 is 0. The summed E-state index contributed by atoms with van der Waals surface area (Å²) in [5.41, 5.74) is 6.90. The van der Waals surface area contributed by atoms with E-state index in [1.165, 1.54) is 0 Å². The standard InChI is InChI=1S/C11H13N3O2/c12-6-8-2-1-3-10(4-8)14-7-9(13)5-11(15)16/h1-4,9,14H,5,7,13H2,(H,15,16). The summed E-state index contributed by atoms with van der Waals surface area (Å²) in [6, 6.07) is 8.52. The van der Waals surface area contributed by atoms with Gasteiger partial charge in [0, 0.05) is 18.3 Å². The largest absolute Gasteiger partial charge is 0.481 e. The molecule has 0 saturated heterocycles. The Hall–Kier alpha value is -2.06. The van der Waals surface area contributed by atoms with E-state index in [-0.39, 0.29) is 6.42 Å². The van der Waals surface area contributed by atoms with Crippen molar-refractivity contribution in [1.29, 1.82) is 5.26 Å². The topological polar surface area (TPSA) is 99.1 Å². The second kappa shape index (κ2) is 5.73. The van der Waals surface area contributed by atoms with Crippen molar-refractivity contribution in [2.45, 2.75) is 12.5 Å². The third kappa shape index (κ3) is 3.98. The Morgan fingerprint density at radius 1 is 1.62 bits per heavy atom. The zero-order chi connectivity index (χ0) is 12.0. The van der Waals surface area contributed by atoms with E-state index in [2.05, 4.69) is 5.32 Å². The van der Waals surface area contributed by atoms with Gasteiger partial charge in [-0.3, -0.25) is 4.79 Å². The van der Waals surface area contributed by atoms with Crippen LogP contribution in [0.15, 0.2) is 24.3 Å². The van der Waals surface area contributed by atoms with E-state index in [9.17, 15) is 4.79 Å². The van der Waals surface area contributed by atoms with Gasteiger partial charge < -0.3 is 16.2 Å². The highest BCUT2D eigenvalue weighted by atomic mass is 16.4. The summed E-state index contributed by atoms with van der Waals surface area (Å²) in [5, 5.41) is 20.2. The van der Waals surface area contributed by atoms with Gasteiger partial charge in [0.1, 0.15) is 0 Å². The van der Waals surface area contributed by atoms with Crippen molar-refractivity contribution in [3.63, 3.8) is 0 Å². The molecule has 1 unspecified atom stereocenters. The lowest BCUT2D eigenvalue weighted by Gasteiger charge is -2.11. The first kappa shape index (κ1) is 12.0. The molecule has 0 spiro atoms. The molecule has 0 aromatic heterocycles. The van der Waals surface area contributed by atoms with E-state index >= 15 is 0 Å². The Balaban J connectivity index is 2.48. The van der Waals surface area contributed by atoms with Crippen LogP contribution in [0, 0.1) is 11.3 Å². The van der Waals surface area contributed by atoms with Crippen molar-refractivity contribution >= 4 is 11.7 Å². The molecule has 0 amide bonds. The Morgan fingerprint density at radius 3 is 3.00 bits per heavy atom. The first-order chi connectivity index (χ1) is 7.61. The highest BCUT2D eigenvalue weighted by Crippen LogP contribution is 2.09. The molecule has 4 N–H and O–H groups in total. The predicted octanol–water partition coefficient (Wildman–Crippen LogP) is 0.772. The molecule has 0 heterocycles. The average molecular weight is 219 g/mol. The number of aliphatic carboxylic acids is 1. The molecule has 1 atom stereocenters. The molecule has 16 heavy (non-hydrogen) atoms. The van der Waals surface area contributed by atoms with Crippen molar-refractivity contribution in [3.05, 3.63) is 29.8 Å². The fraction of sp³-hybridized carbons (Fsp3) is 0.273. The van der Waals surface area contributed by atoms with Gasteiger partial charge >= 0.3 is 5.97 Å². The smallest absolute Gasteiger partial charge is 0.304 e. The van der Waals surface area contributed by atoms with Gasteiger partial charge in [0.15, 0.2) is 0 Å². The van der Waals surface area contributed by atoms with Crippen LogP contribution in [-0.2, 0) is 4.79 Å². The summed E-state index contributed by atoms with van der Waals surface area (Å²) in [4.78, 5) is 10.4. The lowest BCUT2D eigenvalue weighted by Crippen LogP contribution is -2.31. The molecule has 0 aliphatic heterocycles. The number of nitrogens with two attached hydrogens (primary N) is 1.